The largest absolute Gasteiger partial charge is 0.392 e. The van der Waals surface area contributed by atoms with E-state index in [4.69, 9.17) is 0 Å². The fourth-order valence-electron chi connectivity index (χ4n) is 1.49. The van der Waals surface area contributed by atoms with Crippen molar-refractivity contribution in [2.45, 2.75) is 17.4 Å². The molecule has 18 heavy (non-hydrogen) atoms. The van der Waals surface area contributed by atoms with E-state index >= 15 is 0 Å². The summed E-state index contributed by atoms with van der Waals surface area (Å²) in [5.74, 6) is 0.709. The Morgan fingerprint density at radius 3 is 2.78 bits per heavy atom. The van der Waals surface area contributed by atoms with Crippen LogP contribution in [0.15, 0.2) is 49.6 Å². The van der Waals surface area contributed by atoms with Crippen molar-refractivity contribution in [3.05, 3.63) is 49.5 Å². The van der Waals surface area contributed by atoms with Crippen molar-refractivity contribution in [3.8, 4) is 0 Å². The summed E-state index contributed by atoms with van der Waals surface area (Å²) in [7, 11) is 0. The van der Waals surface area contributed by atoms with E-state index in [0.717, 1.165) is 8.95 Å². The fraction of sp³-hybridized carbons (Fsp3) is 0.231. The summed E-state index contributed by atoms with van der Waals surface area (Å²) in [5.41, 5.74) is 0. The van der Waals surface area contributed by atoms with Gasteiger partial charge in [0.2, 0.25) is 0 Å². The number of thiophene rings is 1. The monoisotopic (exact) mass is 406 g/mol. The molecule has 1 aromatic carbocycles. The normalized spacial score (nSPS) is 12.6. The van der Waals surface area contributed by atoms with Gasteiger partial charge in [0.25, 0.3) is 0 Å². The van der Waals surface area contributed by atoms with Crippen LogP contribution in [-0.2, 0) is 6.42 Å². The third-order valence-electron chi connectivity index (χ3n) is 2.35. The number of hydrogen-bond donors (Lipinski definition) is 1. The first-order valence-electron chi connectivity index (χ1n) is 5.43. The number of hydrogen-bond acceptors (Lipinski definition) is 3. The van der Waals surface area contributed by atoms with E-state index in [0.29, 0.717) is 12.2 Å². The molecule has 1 aromatic heterocycles. The van der Waals surface area contributed by atoms with Crippen LogP contribution in [0.5, 0.6) is 0 Å². The number of rotatable bonds is 5. The Hall–Kier alpha value is 0.190. The molecule has 0 saturated carbocycles. The first-order valence-corrected chi connectivity index (χ1v) is 8.88. The standard InChI is InChI=1S/C13H12Br2OS2/c14-9-2-1-3-11(6-9)18-8-10(16)7-13-12(15)4-5-17-13/h1-6,10,16H,7-8H2. The van der Waals surface area contributed by atoms with Crippen LogP contribution in [0.25, 0.3) is 0 Å². The molecule has 0 bridgehead atoms. The number of aliphatic hydroxyl groups excluding tert-OH is 1. The predicted octanol–water partition coefficient (Wildman–Crippen LogP) is 4.97. The quantitative estimate of drug-likeness (QED) is 0.706. The van der Waals surface area contributed by atoms with E-state index in [9.17, 15) is 5.11 Å². The zero-order chi connectivity index (χ0) is 13.0. The van der Waals surface area contributed by atoms with Gasteiger partial charge < -0.3 is 5.11 Å². The van der Waals surface area contributed by atoms with E-state index in [-0.39, 0.29) is 6.10 Å². The highest BCUT2D eigenvalue weighted by atomic mass is 79.9. The van der Waals surface area contributed by atoms with E-state index in [1.165, 1.54) is 9.77 Å². The summed E-state index contributed by atoms with van der Waals surface area (Å²) in [5, 5.41) is 12.1. The molecule has 0 spiro atoms. The van der Waals surface area contributed by atoms with Crippen LogP contribution in [-0.4, -0.2) is 17.0 Å². The summed E-state index contributed by atoms with van der Waals surface area (Å²) in [4.78, 5) is 2.38. The predicted molar refractivity (Wildman–Crippen MR) is 86.6 cm³/mol. The van der Waals surface area contributed by atoms with Gasteiger partial charge in [0.1, 0.15) is 0 Å². The molecule has 2 aromatic rings. The minimum atomic E-state index is -0.316. The highest BCUT2D eigenvalue weighted by Gasteiger charge is 2.10. The molecule has 1 N–H and O–H groups in total. The van der Waals surface area contributed by atoms with Gasteiger partial charge in [-0.1, -0.05) is 22.0 Å². The second kappa shape index (κ2) is 7.10. The minimum Gasteiger partial charge on any atom is -0.392 e. The molecule has 0 radical (unpaired) electrons. The Morgan fingerprint density at radius 1 is 1.28 bits per heavy atom. The van der Waals surface area contributed by atoms with Gasteiger partial charge in [0.05, 0.1) is 6.10 Å². The molecular weight excluding hydrogens is 396 g/mol. The number of halogens is 2. The molecule has 1 nitrogen and oxygen atoms in total. The lowest BCUT2D eigenvalue weighted by molar-refractivity contribution is 0.201. The molecular formula is C13H12Br2OS2. The van der Waals surface area contributed by atoms with Gasteiger partial charge >= 0.3 is 0 Å². The van der Waals surface area contributed by atoms with Crippen molar-refractivity contribution in [2.75, 3.05) is 5.75 Å². The van der Waals surface area contributed by atoms with Gasteiger partial charge in [0, 0.05) is 30.9 Å². The van der Waals surface area contributed by atoms with E-state index < -0.39 is 0 Å². The molecule has 2 rings (SSSR count). The Kier molecular flexibility index (Phi) is 5.76. The molecule has 1 heterocycles. The molecule has 0 aliphatic rings. The smallest absolute Gasteiger partial charge is 0.0682 e. The van der Waals surface area contributed by atoms with Crippen molar-refractivity contribution < 1.29 is 5.11 Å². The van der Waals surface area contributed by atoms with Crippen molar-refractivity contribution >= 4 is 55.0 Å². The summed E-state index contributed by atoms with van der Waals surface area (Å²) in [6, 6.07) is 10.2. The molecule has 1 atom stereocenters. The van der Waals surface area contributed by atoms with Crippen LogP contribution in [0.1, 0.15) is 4.88 Å². The number of aliphatic hydroxyl groups is 1. The van der Waals surface area contributed by atoms with Crippen molar-refractivity contribution in [1.82, 2.24) is 0 Å². The fourth-order valence-corrected chi connectivity index (χ4v) is 4.52. The van der Waals surface area contributed by atoms with Gasteiger partial charge in [-0.25, -0.2) is 0 Å². The molecule has 0 saturated heterocycles. The first-order chi connectivity index (χ1) is 8.65. The molecule has 96 valence electrons. The van der Waals surface area contributed by atoms with E-state index in [1.54, 1.807) is 23.1 Å². The second-order valence-electron chi connectivity index (χ2n) is 3.82. The van der Waals surface area contributed by atoms with Crippen molar-refractivity contribution in [2.24, 2.45) is 0 Å². The third kappa shape index (κ3) is 4.38. The van der Waals surface area contributed by atoms with Crippen LogP contribution >= 0.6 is 55.0 Å². The van der Waals surface area contributed by atoms with Crippen LogP contribution < -0.4 is 0 Å². The average Bonchev–Trinajstić information content (AvgIpc) is 2.73. The summed E-state index contributed by atoms with van der Waals surface area (Å²) < 4.78 is 2.17. The number of thioether (sulfide) groups is 1. The van der Waals surface area contributed by atoms with Crippen molar-refractivity contribution in [3.63, 3.8) is 0 Å². The Bertz CT molecular complexity index is 513. The van der Waals surface area contributed by atoms with Gasteiger partial charge in [-0.2, -0.15) is 0 Å². The maximum absolute atomic E-state index is 10.0. The van der Waals surface area contributed by atoms with Crippen molar-refractivity contribution in [1.29, 1.82) is 0 Å². The summed E-state index contributed by atoms with van der Waals surface area (Å²) >= 11 is 10.3. The molecule has 0 fully saturated rings. The van der Waals surface area contributed by atoms with Crippen LogP contribution in [0.4, 0.5) is 0 Å². The molecule has 0 aliphatic carbocycles. The maximum atomic E-state index is 10.0. The minimum absolute atomic E-state index is 0.316. The van der Waals surface area contributed by atoms with E-state index in [2.05, 4.69) is 44.0 Å². The van der Waals surface area contributed by atoms with Gasteiger partial charge in [-0.3, -0.25) is 0 Å². The Balaban J connectivity index is 1.85. The third-order valence-corrected chi connectivity index (χ3v) is 5.93. The highest BCUT2D eigenvalue weighted by Crippen LogP contribution is 2.27. The lowest BCUT2D eigenvalue weighted by atomic mass is 10.2. The molecule has 0 aliphatic heterocycles. The van der Waals surface area contributed by atoms with Crippen LogP contribution in [0.2, 0.25) is 0 Å². The highest BCUT2D eigenvalue weighted by molar-refractivity contribution is 9.10. The lowest BCUT2D eigenvalue weighted by Gasteiger charge is -2.09. The van der Waals surface area contributed by atoms with Gasteiger partial charge in [-0.15, -0.1) is 23.1 Å². The van der Waals surface area contributed by atoms with E-state index in [1.807, 2.05) is 23.6 Å². The Labute approximate surface area is 132 Å². The molecule has 0 amide bonds. The maximum Gasteiger partial charge on any atom is 0.0682 e. The summed E-state index contributed by atoms with van der Waals surface area (Å²) in [6.07, 6.45) is 0.392. The van der Waals surface area contributed by atoms with Gasteiger partial charge in [0.15, 0.2) is 0 Å². The SMILES string of the molecule is OC(CSc1cccc(Br)c1)Cc1sccc1Br. The second-order valence-corrected chi connectivity index (χ2v) is 7.68. The molecule has 5 heteroatoms. The molecule has 1 unspecified atom stereocenters. The topological polar surface area (TPSA) is 20.2 Å². The zero-order valence-corrected chi connectivity index (χ0v) is 14.3. The van der Waals surface area contributed by atoms with Gasteiger partial charge in [-0.05, 0) is 45.6 Å². The van der Waals surface area contributed by atoms with Crippen LogP contribution in [0, 0.1) is 0 Å². The Morgan fingerprint density at radius 2 is 2.11 bits per heavy atom. The van der Waals surface area contributed by atoms with Crippen LogP contribution in [0.3, 0.4) is 0 Å². The average molecular weight is 408 g/mol. The number of benzene rings is 1. The summed E-state index contributed by atoms with van der Waals surface area (Å²) in [6.45, 7) is 0. The zero-order valence-electron chi connectivity index (χ0n) is 9.48. The lowest BCUT2D eigenvalue weighted by Crippen LogP contribution is -2.12. The first kappa shape index (κ1) is 14.6.